The molecule has 19 heavy (non-hydrogen) atoms. The van der Waals surface area contributed by atoms with Crippen LogP contribution in [0.1, 0.15) is 12.5 Å². The molecule has 0 spiro atoms. The predicted octanol–water partition coefficient (Wildman–Crippen LogP) is 2.21. The van der Waals surface area contributed by atoms with Crippen molar-refractivity contribution in [1.82, 2.24) is 15.0 Å². The zero-order chi connectivity index (χ0) is 13.7. The third kappa shape index (κ3) is 3.77. The lowest BCUT2D eigenvalue weighted by molar-refractivity contribution is 0.281. The molecule has 1 aromatic heterocycles. The predicted molar refractivity (Wildman–Crippen MR) is 68.4 cm³/mol. The highest BCUT2D eigenvalue weighted by Crippen LogP contribution is 2.21. The number of halogens is 1. The van der Waals surface area contributed by atoms with Crippen molar-refractivity contribution < 1.29 is 14.6 Å². The molecule has 0 saturated carbocycles. The maximum absolute atomic E-state index is 8.94. The Hall–Kier alpha value is -1.92. The molecule has 1 aromatic carbocycles. The molecular weight excluding hydrogens is 270 g/mol. The van der Waals surface area contributed by atoms with E-state index in [-0.39, 0.29) is 23.9 Å². The molecule has 0 amide bonds. The highest BCUT2D eigenvalue weighted by molar-refractivity contribution is 6.28. The minimum Gasteiger partial charge on any atom is -0.464 e. The molecule has 0 aliphatic carbocycles. The topological polar surface area (TPSA) is 77.4 Å². The molecule has 0 atom stereocenters. The molecule has 7 heteroatoms. The van der Waals surface area contributed by atoms with E-state index < -0.39 is 0 Å². The molecule has 1 N–H and O–H groups in total. The van der Waals surface area contributed by atoms with E-state index in [1.54, 1.807) is 24.3 Å². The van der Waals surface area contributed by atoms with E-state index in [1.165, 1.54) is 0 Å². The van der Waals surface area contributed by atoms with Crippen LogP contribution in [0.4, 0.5) is 0 Å². The van der Waals surface area contributed by atoms with Crippen LogP contribution < -0.4 is 9.47 Å². The van der Waals surface area contributed by atoms with E-state index >= 15 is 0 Å². The summed E-state index contributed by atoms with van der Waals surface area (Å²) in [5.74, 6) is 0.530. The number of benzene rings is 1. The molecule has 0 radical (unpaired) electrons. The van der Waals surface area contributed by atoms with Crippen LogP contribution in [0.5, 0.6) is 17.8 Å². The number of aromatic nitrogens is 3. The van der Waals surface area contributed by atoms with Crippen molar-refractivity contribution in [2.75, 3.05) is 6.61 Å². The Bertz CT molecular complexity index is 548. The molecule has 2 aromatic rings. The smallest absolute Gasteiger partial charge is 0.329 e. The van der Waals surface area contributed by atoms with E-state index in [1.807, 2.05) is 6.92 Å². The Kier molecular flexibility index (Phi) is 4.48. The van der Waals surface area contributed by atoms with Gasteiger partial charge in [-0.2, -0.15) is 9.97 Å². The highest BCUT2D eigenvalue weighted by atomic mass is 35.5. The number of nitrogens with zero attached hydrogens (tertiary/aromatic N) is 3. The van der Waals surface area contributed by atoms with Gasteiger partial charge in [-0.15, -0.1) is 4.98 Å². The summed E-state index contributed by atoms with van der Waals surface area (Å²) in [6.07, 6.45) is 0. The lowest BCUT2D eigenvalue weighted by Gasteiger charge is -2.06. The van der Waals surface area contributed by atoms with Crippen LogP contribution in [0.3, 0.4) is 0 Å². The van der Waals surface area contributed by atoms with E-state index in [2.05, 4.69) is 15.0 Å². The molecule has 0 aliphatic heterocycles. The molecule has 6 nitrogen and oxygen atoms in total. The van der Waals surface area contributed by atoms with Crippen LogP contribution in [0.2, 0.25) is 5.28 Å². The Morgan fingerprint density at radius 2 is 1.79 bits per heavy atom. The second-order valence-corrected chi connectivity index (χ2v) is 3.84. The van der Waals surface area contributed by atoms with Crippen LogP contribution in [0, 0.1) is 0 Å². The highest BCUT2D eigenvalue weighted by Gasteiger charge is 2.07. The number of hydrogen-bond acceptors (Lipinski definition) is 6. The number of rotatable bonds is 5. The van der Waals surface area contributed by atoms with E-state index in [9.17, 15) is 0 Å². The Morgan fingerprint density at radius 3 is 2.42 bits per heavy atom. The van der Waals surface area contributed by atoms with Gasteiger partial charge in [-0.25, -0.2) is 0 Å². The Morgan fingerprint density at radius 1 is 1.11 bits per heavy atom. The van der Waals surface area contributed by atoms with Crippen LogP contribution in [0.15, 0.2) is 24.3 Å². The standard InChI is InChI=1S/C12H12ClN3O3/c1-2-18-11-14-10(13)15-12(16-11)19-9-5-3-8(7-17)4-6-9/h3-6,17H,2,7H2,1H3. The first-order chi connectivity index (χ1) is 9.21. The monoisotopic (exact) mass is 281 g/mol. The molecule has 0 unspecified atom stereocenters. The SMILES string of the molecule is CCOc1nc(Cl)nc(Oc2ccc(CO)cc2)n1. The van der Waals surface area contributed by atoms with Crippen LogP contribution >= 0.6 is 11.6 Å². The van der Waals surface area contributed by atoms with Gasteiger partial charge in [0.2, 0.25) is 5.28 Å². The van der Waals surface area contributed by atoms with Crippen molar-refractivity contribution in [1.29, 1.82) is 0 Å². The van der Waals surface area contributed by atoms with Crippen molar-refractivity contribution in [2.45, 2.75) is 13.5 Å². The summed E-state index contributed by atoms with van der Waals surface area (Å²) in [5, 5.41) is 8.94. The summed E-state index contributed by atoms with van der Waals surface area (Å²) in [5.41, 5.74) is 0.788. The fourth-order valence-corrected chi connectivity index (χ4v) is 1.47. The van der Waals surface area contributed by atoms with Crippen molar-refractivity contribution >= 4 is 11.6 Å². The quantitative estimate of drug-likeness (QED) is 0.905. The second-order valence-electron chi connectivity index (χ2n) is 3.51. The van der Waals surface area contributed by atoms with Gasteiger partial charge in [-0.3, -0.25) is 0 Å². The minimum atomic E-state index is -0.0215. The van der Waals surface area contributed by atoms with Crippen molar-refractivity contribution in [3.05, 3.63) is 35.1 Å². The first-order valence-electron chi connectivity index (χ1n) is 5.63. The average molecular weight is 282 g/mol. The van der Waals surface area contributed by atoms with Crippen LogP contribution in [-0.2, 0) is 6.61 Å². The van der Waals surface area contributed by atoms with Gasteiger partial charge >= 0.3 is 12.0 Å². The maximum Gasteiger partial charge on any atom is 0.329 e. The second kappa shape index (κ2) is 6.31. The summed E-state index contributed by atoms with van der Waals surface area (Å²) >= 11 is 5.74. The molecule has 0 fully saturated rings. The van der Waals surface area contributed by atoms with E-state index in [0.717, 1.165) is 5.56 Å². The minimum absolute atomic E-state index is 0.000397. The molecule has 2 rings (SSSR count). The third-order valence-electron chi connectivity index (χ3n) is 2.16. The molecule has 0 aliphatic rings. The molecule has 0 saturated heterocycles. The zero-order valence-electron chi connectivity index (χ0n) is 10.2. The molecule has 100 valence electrons. The normalized spacial score (nSPS) is 10.3. The first-order valence-corrected chi connectivity index (χ1v) is 6.01. The number of hydrogen-bond donors (Lipinski definition) is 1. The molecule has 1 heterocycles. The summed E-state index contributed by atoms with van der Waals surface area (Å²) in [4.78, 5) is 11.6. The van der Waals surface area contributed by atoms with Crippen LogP contribution in [0.25, 0.3) is 0 Å². The largest absolute Gasteiger partial charge is 0.464 e. The molecular formula is C12H12ClN3O3. The fourth-order valence-electron chi connectivity index (χ4n) is 1.32. The van der Waals surface area contributed by atoms with Gasteiger partial charge in [0.25, 0.3) is 0 Å². The van der Waals surface area contributed by atoms with Gasteiger partial charge in [-0.05, 0) is 36.2 Å². The number of aliphatic hydroxyl groups is 1. The summed E-state index contributed by atoms with van der Waals surface area (Å²) in [6.45, 7) is 2.21. The van der Waals surface area contributed by atoms with E-state index in [0.29, 0.717) is 12.4 Å². The van der Waals surface area contributed by atoms with Gasteiger partial charge in [0.1, 0.15) is 5.75 Å². The van der Waals surface area contributed by atoms with Gasteiger partial charge in [0.15, 0.2) is 0 Å². The van der Waals surface area contributed by atoms with E-state index in [4.69, 9.17) is 26.2 Å². The van der Waals surface area contributed by atoms with Gasteiger partial charge in [0.05, 0.1) is 13.2 Å². The third-order valence-corrected chi connectivity index (χ3v) is 2.32. The van der Waals surface area contributed by atoms with Gasteiger partial charge in [0, 0.05) is 0 Å². The fraction of sp³-hybridized carbons (Fsp3) is 0.250. The number of aliphatic hydroxyl groups excluding tert-OH is 1. The van der Waals surface area contributed by atoms with Crippen molar-refractivity contribution in [3.63, 3.8) is 0 Å². The maximum atomic E-state index is 8.94. The van der Waals surface area contributed by atoms with Crippen molar-refractivity contribution in [2.24, 2.45) is 0 Å². The summed E-state index contributed by atoms with van der Waals surface area (Å²) < 4.78 is 10.6. The lowest BCUT2D eigenvalue weighted by atomic mass is 10.2. The molecule has 0 bridgehead atoms. The Balaban J connectivity index is 2.17. The van der Waals surface area contributed by atoms with Crippen molar-refractivity contribution in [3.8, 4) is 17.8 Å². The Labute approximate surface area is 115 Å². The van der Waals surface area contributed by atoms with Crippen LogP contribution in [-0.4, -0.2) is 26.7 Å². The summed E-state index contributed by atoms with van der Waals surface area (Å²) in [6, 6.07) is 7.04. The first kappa shape index (κ1) is 13.5. The summed E-state index contributed by atoms with van der Waals surface area (Å²) in [7, 11) is 0. The zero-order valence-corrected chi connectivity index (χ0v) is 11.0. The van der Waals surface area contributed by atoms with Gasteiger partial charge in [-0.1, -0.05) is 12.1 Å². The van der Waals surface area contributed by atoms with Gasteiger partial charge < -0.3 is 14.6 Å². The number of ether oxygens (including phenoxy) is 2. The lowest BCUT2D eigenvalue weighted by Crippen LogP contribution is -2.01. The average Bonchev–Trinajstić information content (AvgIpc) is 2.39.